The fourth-order valence-corrected chi connectivity index (χ4v) is 7.42. The number of carbonyl (C=O) groups excluding carboxylic acids is 1. The fraction of sp³-hybridized carbons (Fsp3) is 0.686. The highest BCUT2D eigenvalue weighted by Crippen LogP contribution is 2.63. The summed E-state index contributed by atoms with van der Waals surface area (Å²) in [5.41, 5.74) is 2.76. The van der Waals surface area contributed by atoms with E-state index in [-0.39, 0.29) is 25.0 Å². The molecule has 2 fully saturated rings. The first-order valence-electron chi connectivity index (χ1n) is 16.1. The minimum atomic E-state index is -1.15. The Kier molecular flexibility index (Phi) is 16.3. The van der Waals surface area contributed by atoms with E-state index < -0.39 is 23.9 Å². The number of aldehydes is 1. The molecule has 0 aliphatic heterocycles. The lowest BCUT2D eigenvalue weighted by Gasteiger charge is -2.57. The third-order valence-electron chi connectivity index (χ3n) is 9.71. The molecule has 0 aromatic carbocycles. The van der Waals surface area contributed by atoms with Crippen molar-refractivity contribution in [2.75, 3.05) is 46.7 Å². The summed E-state index contributed by atoms with van der Waals surface area (Å²) in [5.74, 6) is -0.533. The topological polar surface area (TPSA) is 131 Å². The molecule has 0 saturated heterocycles. The molecule has 8 nitrogen and oxygen atoms in total. The van der Waals surface area contributed by atoms with E-state index in [1.165, 1.54) is 5.57 Å². The molecular formula is C35H58N2O6. The number of ether oxygens (including phenoxy) is 1. The third-order valence-corrected chi connectivity index (χ3v) is 9.71. The van der Waals surface area contributed by atoms with Gasteiger partial charge in [0.25, 0.3) is 0 Å². The maximum absolute atomic E-state index is 12.4. The zero-order valence-electron chi connectivity index (χ0n) is 27.0. The largest absolute Gasteiger partial charge is 0.396 e. The molecule has 2 aliphatic rings. The lowest BCUT2D eigenvalue weighted by molar-refractivity contribution is -0.180. The number of rotatable bonds is 19. The van der Waals surface area contributed by atoms with Crippen LogP contribution < -0.4 is 10.6 Å². The second-order valence-electron chi connectivity index (χ2n) is 12.4. The van der Waals surface area contributed by atoms with Crippen LogP contribution in [-0.4, -0.2) is 85.1 Å². The minimum absolute atomic E-state index is 0.00360. The summed E-state index contributed by atoms with van der Waals surface area (Å²) < 4.78 is 5.44. The van der Waals surface area contributed by atoms with Gasteiger partial charge in [-0.15, -0.1) is 0 Å². The molecular weight excluding hydrogens is 544 g/mol. The lowest BCUT2D eigenvalue weighted by atomic mass is 9.51. The zero-order chi connectivity index (χ0) is 31.9. The second-order valence-corrected chi connectivity index (χ2v) is 12.4. The van der Waals surface area contributed by atoms with Crippen molar-refractivity contribution in [3.63, 3.8) is 0 Å². The Morgan fingerprint density at radius 2 is 2.00 bits per heavy atom. The molecule has 0 heterocycles. The minimum Gasteiger partial charge on any atom is -0.396 e. The molecule has 0 radical (unpaired) electrons. The highest BCUT2D eigenvalue weighted by Gasteiger charge is 2.65. The van der Waals surface area contributed by atoms with Crippen molar-refractivity contribution in [2.24, 2.45) is 17.3 Å². The molecule has 6 N–H and O–H groups in total. The van der Waals surface area contributed by atoms with E-state index in [4.69, 9.17) is 4.74 Å². The van der Waals surface area contributed by atoms with Crippen molar-refractivity contribution in [2.45, 2.75) is 90.3 Å². The lowest BCUT2D eigenvalue weighted by Crippen LogP contribution is -2.61. The Morgan fingerprint density at radius 3 is 2.65 bits per heavy atom. The molecule has 5 unspecified atom stereocenters. The Labute approximate surface area is 259 Å². The number of hydrogen-bond acceptors (Lipinski definition) is 8. The van der Waals surface area contributed by atoms with E-state index in [0.29, 0.717) is 57.1 Å². The molecule has 1 spiro atoms. The van der Waals surface area contributed by atoms with Crippen LogP contribution in [0.1, 0.15) is 78.6 Å². The van der Waals surface area contributed by atoms with E-state index in [1.807, 2.05) is 32.2 Å². The molecule has 2 aliphatic carbocycles. The van der Waals surface area contributed by atoms with Crippen LogP contribution in [0.2, 0.25) is 0 Å². The summed E-state index contributed by atoms with van der Waals surface area (Å²) in [7, 11) is 1.85. The van der Waals surface area contributed by atoms with Crippen LogP contribution in [0.15, 0.2) is 58.7 Å². The van der Waals surface area contributed by atoms with Gasteiger partial charge in [0.1, 0.15) is 13.1 Å². The van der Waals surface area contributed by atoms with E-state index in [2.05, 4.69) is 37.1 Å². The van der Waals surface area contributed by atoms with Crippen molar-refractivity contribution >= 4 is 6.29 Å². The van der Waals surface area contributed by atoms with Crippen LogP contribution in [0.5, 0.6) is 0 Å². The van der Waals surface area contributed by atoms with Crippen molar-refractivity contribution in [3.05, 3.63) is 58.7 Å². The Balaban J connectivity index is 2.41. The van der Waals surface area contributed by atoms with Gasteiger partial charge in [0.05, 0.1) is 18.3 Å². The molecule has 2 saturated carbocycles. The summed E-state index contributed by atoms with van der Waals surface area (Å²) in [5, 5.41) is 50.3. The summed E-state index contributed by atoms with van der Waals surface area (Å²) in [6.45, 7) is 12.4. The number of aliphatic hydroxyl groups is 4. The normalized spacial score (nSPS) is 29.5. The molecule has 0 bridgehead atoms. The Hall–Kier alpha value is -1.91. The molecule has 8 heteroatoms. The van der Waals surface area contributed by atoms with E-state index in [9.17, 15) is 25.2 Å². The average molecular weight is 603 g/mol. The number of hydrogen-bond donors (Lipinski definition) is 6. The summed E-state index contributed by atoms with van der Waals surface area (Å²) in [4.78, 5) is 11.9. The van der Waals surface area contributed by atoms with Gasteiger partial charge in [-0.3, -0.25) is 4.79 Å². The van der Waals surface area contributed by atoms with E-state index >= 15 is 0 Å². The fourth-order valence-electron chi connectivity index (χ4n) is 7.42. The molecule has 2 rings (SSSR count). The Bertz CT molecular complexity index is 1020. The quantitative estimate of drug-likeness (QED) is 0.0428. The van der Waals surface area contributed by atoms with Crippen LogP contribution in [0.4, 0.5) is 0 Å². The van der Waals surface area contributed by atoms with Gasteiger partial charge in [0.15, 0.2) is 0 Å². The van der Waals surface area contributed by atoms with Crippen LogP contribution >= 0.6 is 0 Å². The number of carbonyl (C=O) groups is 1. The van der Waals surface area contributed by atoms with Gasteiger partial charge in [0.2, 0.25) is 0 Å². The van der Waals surface area contributed by atoms with Gasteiger partial charge in [0, 0.05) is 24.5 Å². The molecule has 244 valence electrons. The van der Waals surface area contributed by atoms with Crippen molar-refractivity contribution in [1.29, 1.82) is 0 Å². The summed E-state index contributed by atoms with van der Waals surface area (Å²) in [6, 6.07) is 0. The monoisotopic (exact) mass is 602 g/mol. The first-order chi connectivity index (χ1) is 20.6. The van der Waals surface area contributed by atoms with Gasteiger partial charge in [-0.2, -0.15) is 0 Å². The highest BCUT2D eigenvalue weighted by atomic mass is 16.6. The van der Waals surface area contributed by atoms with E-state index in [1.54, 1.807) is 0 Å². The van der Waals surface area contributed by atoms with Gasteiger partial charge in [-0.25, -0.2) is 0 Å². The highest BCUT2D eigenvalue weighted by molar-refractivity contribution is 5.74. The first kappa shape index (κ1) is 37.3. The van der Waals surface area contributed by atoms with Gasteiger partial charge in [-0.1, -0.05) is 54.5 Å². The molecule has 0 aromatic heterocycles. The Morgan fingerprint density at radius 1 is 1.23 bits per heavy atom. The third kappa shape index (κ3) is 9.54. The summed E-state index contributed by atoms with van der Waals surface area (Å²) in [6.07, 6.45) is 13.7. The predicted molar refractivity (Wildman–Crippen MR) is 173 cm³/mol. The molecule has 5 atom stereocenters. The standard InChI is InChI=1S/C35H58N2O6/c1-6-37-22-27(3)12-7-10-26(2)11-8-13-29(24-43-25-40)31-16-18-35(33(31)41)32(14-9-21-38)30(28(4)23-39)15-17-34(35,42)19-20-36-5/h8,11-13,23,31-33,36-38,40-42H,2,6-7,9-10,14-22,24-25H2,1,3-5H3. The van der Waals surface area contributed by atoms with Gasteiger partial charge < -0.3 is 35.8 Å². The second kappa shape index (κ2) is 18.8. The number of allylic oxidation sites excluding steroid dienone is 7. The SMILES string of the molecule is C=C(C=CC=C(COCO)C1CCC2(C(CCCO)C(=C(C)C=O)CCC2(O)CCNC)C1O)CCC=C(C)CNCC. The average Bonchev–Trinajstić information content (AvgIpc) is 3.34. The van der Waals surface area contributed by atoms with Crippen molar-refractivity contribution in [3.8, 4) is 0 Å². The number of nitrogens with one attached hydrogen (secondary N) is 2. The van der Waals surface area contributed by atoms with E-state index in [0.717, 1.165) is 48.9 Å². The van der Waals surface area contributed by atoms with Crippen molar-refractivity contribution in [1.82, 2.24) is 10.6 Å². The van der Waals surface area contributed by atoms with Crippen LogP contribution in [-0.2, 0) is 9.53 Å². The van der Waals surface area contributed by atoms with Gasteiger partial charge >= 0.3 is 0 Å². The molecule has 0 aromatic rings. The number of likely N-dealkylation sites (N-methyl/N-ethyl adjacent to an activating group) is 1. The molecule has 0 amide bonds. The first-order valence-corrected chi connectivity index (χ1v) is 16.1. The zero-order valence-corrected chi connectivity index (χ0v) is 27.0. The maximum Gasteiger partial charge on any atom is 0.145 e. The van der Waals surface area contributed by atoms with Crippen molar-refractivity contribution < 1.29 is 30.0 Å². The maximum atomic E-state index is 12.4. The number of aliphatic hydroxyl groups excluding tert-OH is 3. The van der Waals surface area contributed by atoms with Crippen LogP contribution in [0.25, 0.3) is 0 Å². The van der Waals surface area contributed by atoms with Crippen LogP contribution in [0.3, 0.4) is 0 Å². The van der Waals surface area contributed by atoms with Gasteiger partial charge in [-0.05, 0) is 109 Å². The predicted octanol–water partition coefficient (Wildman–Crippen LogP) is 4.12. The van der Waals surface area contributed by atoms with Crippen LogP contribution in [0, 0.1) is 17.3 Å². The molecule has 43 heavy (non-hydrogen) atoms. The summed E-state index contributed by atoms with van der Waals surface area (Å²) >= 11 is 0. The smallest absolute Gasteiger partial charge is 0.145 e.